The van der Waals surface area contributed by atoms with Crippen LogP contribution in [0, 0.1) is 3.57 Å². The van der Waals surface area contributed by atoms with Crippen LogP contribution in [0.25, 0.3) is 0 Å². The van der Waals surface area contributed by atoms with Crippen LogP contribution >= 0.6 is 34.2 Å². The molecule has 5 nitrogen and oxygen atoms in total. The lowest BCUT2D eigenvalue weighted by atomic mass is 10.1. The van der Waals surface area contributed by atoms with E-state index in [1.165, 1.54) is 30.3 Å². The van der Waals surface area contributed by atoms with Gasteiger partial charge in [0.2, 0.25) is 0 Å². The molecule has 0 bridgehead atoms. The number of nitrogens with one attached hydrogen (secondary N) is 1. The number of anilines is 1. The Labute approximate surface area is 138 Å². The summed E-state index contributed by atoms with van der Waals surface area (Å²) in [4.78, 5) is 23.3. The van der Waals surface area contributed by atoms with Crippen molar-refractivity contribution in [1.82, 2.24) is 0 Å². The highest BCUT2D eigenvalue weighted by Gasteiger charge is 2.16. The minimum atomic E-state index is -1.21. The fourth-order valence-electron chi connectivity index (χ4n) is 1.68. The summed E-state index contributed by atoms with van der Waals surface area (Å²) >= 11 is 7.75. The Balaban J connectivity index is 2.36. The normalized spacial score (nSPS) is 10.2. The van der Waals surface area contributed by atoms with Gasteiger partial charge in [0, 0.05) is 8.59 Å². The molecule has 0 aromatic heterocycles. The molecule has 0 saturated carbocycles. The first-order valence-electron chi connectivity index (χ1n) is 5.71. The summed E-state index contributed by atoms with van der Waals surface area (Å²) in [5.41, 5.74) is 0.0457. The Kier molecular flexibility index (Phi) is 4.69. The second-order valence-corrected chi connectivity index (χ2v) is 5.79. The SMILES string of the molecule is O=C(Nc1ccc(Cl)cc1C(=O)O)c1cc(I)ccc1O. The number of aromatic hydroxyl groups is 1. The summed E-state index contributed by atoms with van der Waals surface area (Å²) in [6, 6.07) is 8.66. The third kappa shape index (κ3) is 3.64. The molecule has 0 unspecified atom stereocenters. The first-order chi connectivity index (χ1) is 9.88. The molecular formula is C14H9ClINO4. The van der Waals surface area contributed by atoms with Gasteiger partial charge in [-0.2, -0.15) is 0 Å². The summed E-state index contributed by atoms with van der Waals surface area (Å²) in [5.74, 6) is -1.99. The zero-order chi connectivity index (χ0) is 15.6. The topological polar surface area (TPSA) is 86.6 Å². The predicted octanol–water partition coefficient (Wildman–Crippen LogP) is 3.60. The van der Waals surface area contributed by atoms with Gasteiger partial charge in [0.15, 0.2) is 0 Å². The lowest BCUT2D eigenvalue weighted by Crippen LogP contribution is -2.15. The average molecular weight is 418 g/mol. The molecule has 2 aromatic rings. The van der Waals surface area contributed by atoms with Crippen molar-refractivity contribution in [2.24, 2.45) is 0 Å². The van der Waals surface area contributed by atoms with Crippen LogP contribution in [0.15, 0.2) is 36.4 Å². The zero-order valence-electron chi connectivity index (χ0n) is 10.4. The second kappa shape index (κ2) is 6.31. The number of carboxylic acid groups (broad SMARTS) is 1. The second-order valence-electron chi connectivity index (χ2n) is 4.11. The third-order valence-electron chi connectivity index (χ3n) is 2.66. The fraction of sp³-hybridized carbons (Fsp3) is 0. The van der Waals surface area contributed by atoms with Crippen LogP contribution in [0.5, 0.6) is 5.75 Å². The van der Waals surface area contributed by atoms with Crippen LogP contribution in [0.3, 0.4) is 0 Å². The fourth-order valence-corrected chi connectivity index (χ4v) is 2.35. The molecule has 1 amide bonds. The first-order valence-corrected chi connectivity index (χ1v) is 7.17. The molecule has 0 spiro atoms. The van der Waals surface area contributed by atoms with Crippen LogP contribution < -0.4 is 5.32 Å². The van der Waals surface area contributed by atoms with E-state index in [0.29, 0.717) is 0 Å². The van der Waals surface area contributed by atoms with E-state index in [4.69, 9.17) is 16.7 Å². The number of carboxylic acids is 1. The maximum Gasteiger partial charge on any atom is 0.337 e. The first kappa shape index (κ1) is 15.6. The monoisotopic (exact) mass is 417 g/mol. The number of benzene rings is 2. The molecule has 108 valence electrons. The van der Waals surface area contributed by atoms with Crippen LogP contribution in [-0.4, -0.2) is 22.1 Å². The van der Waals surface area contributed by atoms with E-state index in [-0.39, 0.29) is 27.6 Å². The number of hydrogen-bond acceptors (Lipinski definition) is 3. The number of aromatic carboxylic acids is 1. The van der Waals surface area contributed by atoms with E-state index in [9.17, 15) is 14.7 Å². The molecule has 0 radical (unpaired) electrons. The van der Waals surface area contributed by atoms with Gasteiger partial charge in [-0.05, 0) is 59.0 Å². The predicted molar refractivity (Wildman–Crippen MR) is 87.2 cm³/mol. The Bertz CT molecular complexity index is 733. The number of phenolic OH excluding ortho intramolecular Hbond substituents is 1. The minimum absolute atomic E-state index is 0.0631. The van der Waals surface area contributed by atoms with Gasteiger partial charge in [-0.1, -0.05) is 11.6 Å². The number of amides is 1. The van der Waals surface area contributed by atoms with Crippen molar-refractivity contribution in [1.29, 1.82) is 0 Å². The summed E-state index contributed by atoms with van der Waals surface area (Å²) in [5, 5.41) is 21.5. The molecule has 0 aliphatic rings. The van der Waals surface area contributed by atoms with Gasteiger partial charge < -0.3 is 15.5 Å². The number of phenols is 1. The van der Waals surface area contributed by atoms with Crippen molar-refractivity contribution in [2.75, 3.05) is 5.32 Å². The Morgan fingerprint density at radius 1 is 1.10 bits per heavy atom. The highest BCUT2D eigenvalue weighted by Crippen LogP contribution is 2.24. The average Bonchev–Trinajstić information content (AvgIpc) is 2.43. The molecule has 3 N–H and O–H groups in total. The highest BCUT2D eigenvalue weighted by atomic mass is 127. The van der Waals surface area contributed by atoms with Gasteiger partial charge in [-0.25, -0.2) is 4.79 Å². The number of rotatable bonds is 3. The Hall–Kier alpha value is -1.80. The molecule has 0 aliphatic heterocycles. The van der Waals surface area contributed by atoms with Gasteiger partial charge in [0.05, 0.1) is 16.8 Å². The number of halogens is 2. The van der Waals surface area contributed by atoms with Gasteiger partial charge >= 0.3 is 5.97 Å². The largest absolute Gasteiger partial charge is 0.507 e. The lowest BCUT2D eigenvalue weighted by Gasteiger charge is -2.10. The number of carbonyl (C=O) groups excluding carboxylic acids is 1. The number of hydrogen-bond donors (Lipinski definition) is 3. The van der Waals surface area contributed by atoms with Gasteiger partial charge in [0.1, 0.15) is 5.75 Å². The maximum atomic E-state index is 12.1. The van der Waals surface area contributed by atoms with Crippen LogP contribution in [0.2, 0.25) is 5.02 Å². The van der Waals surface area contributed by atoms with Crippen LogP contribution in [0.1, 0.15) is 20.7 Å². The van der Waals surface area contributed by atoms with E-state index in [0.717, 1.165) is 3.57 Å². The molecule has 0 atom stereocenters. The Morgan fingerprint density at radius 3 is 2.48 bits per heavy atom. The van der Waals surface area contributed by atoms with Crippen molar-refractivity contribution in [3.63, 3.8) is 0 Å². The zero-order valence-corrected chi connectivity index (χ0v) is 13.3. The van der Waals surface area contributed by atoms with E-state index < -0.39 is 11.9 Å². The van der Waals surface area contributed by atoms with E-state index >= 15 is 0 Å². The van der Waals surface area contributed by atoms with Crippen LogP contribution in [0.4, 0.5) is 5.69 Å². The molecule has 2 aromatic carbocycles. The van der Waals surface area contributed by atoms with Crippen LogP contribution in [-0.2, 0) is 0 Å². The van der Waals surface area contributed by atoms with E-state index in [1.807, 2.05) is 22.6 Å². The summed E-state index contributed by atoms with van der Waals surface area (Å²) in [7, 11) is 0. The van der Waals surface area contributed by atoms with Crippen molar-refractivity contribution in [2.45, 2.75) is 0 Å². The third-order valence-corrected chi connectivity index (χ3v) is 3.57. The van der Waals surface area contributed by atoms with Gasteiger partial charge in [-0.15, -0.1) is 0 Å². The summed E-state index contributed by atoms with van der Waals surface area (Å²) in [6.45, 7) is 0. The van der Waals surface area contributed by atoms with Crippen molar-refractivity contribution >= 4 is 51.8 Å². The summed E-state index contributed by atoms with van der Waals surface area (Å²) in [6.07, 6.45) is 0. The van der Waals surface area contributed by atoms with E-state index in [1.54, 1.807) is 6.07 Å². The smallest absolute Gasteiger partial charge is 0.337 e. The quantitative estimate of drug-likeness (QED) is 0.666. The standard InChI is InChI=1S/C14H9ClINO4/c15-7-1-3-11(9(5-7)14(20)21)17-13(19)10-6-8(16)2-4-12(10)18/h1-6,18H,(H,17,19)(H,20,21). The van der Waals surface area contributed by atoms with Crippen molar-refractivity contribution in [3.05, 3.63) is 56.1 Å². The molecule has 0 heterocycles. The van der Waals surface area contributed by atoms with Gasteiger partial charge in [-0.3, -0.25) is 4.79 Å². The minimum Gasteiger partial charge on any atom is -0.507 e. The molecule has 21 heavy (non-hydrogen) atoms. The van der Waals surface area contributed by atoms with Gasteiger partial charge in [0.25, 0.3) is 5.91 Å². The summed E-state index contributed by atoms with van der Waals surface area (Å²) < 4.78 is 0.769. The van der Waals surface area contributed by atoms with Crippen molar-refractivity contribution < 1.29 is 19.8 Å². The van der Waals surface area contributed by atoms with E-state index in [2.05, 4.69) is 5.32 Å². The molecule has 0 fully saturated rings. The lowest BCUT2D eigenvalue weighted by molar-refractivity contribution is 0.0698. The molecule has 0 aliphatic carbocycles. The molecule has 2 rings (SSSR count). The number of carbonyl (C=O) groups is 2. The van der Waals surface area contributed by atoms with Crippen molar-refractivity contribution in [3.8, 4) is 5.75 Å². The molecule has 7 heteroatoms. The maximum absolute atomic E-state index is 12.1. The molecule has 0 saturated heterocycles. The molecular weight excluding hydrogens is 409 g/mol. The highest BCUT2D eigenvalue weighted by molar-refractivity contribution is 14.1. The Morgan fingerprint density at radius 2 is 1.81 bits per heavy atom.